The fourth-order valence-electron chi connectivity index (χ4n) is 2.44. The summed E-state index contributed by atoms with van der Waals surface area (Å²) in [5.74, 6) is 1.79. The van der Waals surface area contributed by atoms with Crippen molar-refractivity contribution < 1.29 is 4.74 Å². The van der Waals surface area contributed by atoms with Crippen LogP contribution in [0.2, 0.25) is 0 Å². The second-order valence-electron chi connectivity index (χ2n) is 4.80. The van der Waals surface area contributed by atoms with Crippen molar-refractivity contribution in [1.82, 2.24) is 9.97 Å². The number of nitrogens with zero attached hydrogens (tertiary/aromatic N) is 1. The number of aryl methyl sites for hydroxylation is 1. The van der Waals surface area contributed by atoms with E-state index in [1.54, 1.807) is 0 Å². The molecule has 0 aliphatic carbocycles. The molecule has 0 amide bonds. The van der Waals surface area contributed by atoms with Gasteiger partial charge in [-0.25, -0.2) is 4.98 Å². The maximum atomic E-state index is 5.95. The van der Waals surface area contributed by atoms with E-state index >= 15 is 0 Å². The Morgan fingerprint density at radius 2 is 2.21 bits per heavy atom. The fourth-order valence-corrected chi connectivity index (χ4v) is 2.66. The van der Waals surface area contributed by atoms with Crippen LogP contribution < -0.4 is 4.74 Å². The predicted molar refractivity (Wildman–Crippen MR) is 77.1 cm³/mol. The van der Waals surface area contributed by atoms with E-state index in [2.05, 4.69) is 23.0 Å². The molecule has 1 N–H and O–H groups in total. The number of H-pyrrole nitrogens is 1. The van der Waals surface area contributed by atoms with Gasteiger partial charge in [0.25, 0.3) is 0 Å². The van der Waals surface area contributed by atoms with Crippen LogP contribution in [0.4, 0.5) is 0 Å². The summed E-state index contributed by atoms with van der Waals surface area (Å²) in [5, 5.41) is 0. The summed E-state index contributed by atoms with van der Waals surface area (Å²) in [5.41, 5.74) is 3.44. The summed E-state index contributed by atoms with van der Waals surface area (Å²) in [7, 11) is 0. The lowest BCUT2D eigenvalue weighted by molar-refractivity contribution is 0.227. The highest BCUT2D eigenvalue weighted by molar-refractivity contribution is 7.71. The molecule has 1 aromatic carbocycles. The molecule has 0 saturated carbocycles. The van der Waals surface area contributed by atoms with Crippen molar-refractivity contribution in [2.45, 2.75) is 32.8 Å². The zero-order valence-corrected chi connectivity index (χ0v) is 11.9. The van der Waals surface area contributed by atoms with Gasteiger partial charge in [0.15, 0.2) is 6.10 Å². The second-order valence-corrected chi connectivity index (χ2v) is 5.19. The Balaban J connectivity index is 1.98. The summed E-state index contributed by atoms with van der Waals surface area (Å²) in [6, 6.07) is 8.12. The van der Waals surface area contributed by atoms with E-state index in [-0.39, 0.29) is 6.10 Å². The lowest BCUT2D eigenvalue weighted by Gasteiger charge is -2.13. The van der Waals surface area contributed by atoms with Crippen LogP contribution in [-0.2, 0) is 12.8 Å². The zero-order valence-electron chi connectivity index (χ0n) is 11.1. The molecule has 2 aromatic rings. The molecule has 1 aromatic heterocycles. The number of hydrogen-bond acceptors (Lipinski definition) is 3. The number of nitrogens with one attached hydrogen (secondary N) is 1. The molecule has 0 saturated heterocycles. The number of hydrogen-bond donors (Lipinski definition) is 1. The van der Waals surface area contributed by atoms with Crippen LogP contribution >= 0.6 is 12.2 Å². The number of ether oxygens (including phenoxy) is 1. The number of fused-ring (bicyclic) bond motifs is 1. The first-order chi connectivity index (χ1) is 9.19. The SMILES string of the molecule is CCc1[nH]c(C2Cc3ccccc3O2)nc(=S)c1C. The highest BCUT2D eigenvalue weighted by atomic mass is 32.1. The minimum Gasteiger partial charge on any atom is -0.482 e. The summed E-state index contributed by atoms with van der Waals surface area (Å²) in [6.45, 7) is 4.13. The van der Waals surface area contributed by atoms with Crippen LogP contribution in [0, 0.1) is 11.6 Å². The molecule has 1 aliphatic rings. The predicted octanol–water partition coefficient (Wildman–Crippen LogP) is 3.69. The van der Waals surface area contributed by atoms with Gasteiger partial charge in [-0.05, 0) is 25.0 Å². The molecule has 0 bridgehead atoms. The van der Waals surface area contributed by atoms with Gasteiger partial charge >= 0.3 is 0 Å². The van der Waals surface area contributed by atoms with Crippen LogP contribution in [-0.4, -0.2) is 9.97 Å². The molecule has 19 heavy (non-hydrogen) atoms. The van der Waals surface area contributed by atoms with Gasteiger partial charge in [0.05, 0.1) is 0 Å². The molecule has 0 spiro atoms. The molecule has 3 nitrogen and oxygen atoms in total. The molecule has 0 radical (unpaired) electrons. The lowest BCUT2D eigenvalue weighted by Crippen LogP contribution is -2.11. The third kappa shape index (κ3) is 2.16. The molecular formula is C15H16N2OS. The normalized spacial score (nSPS) is 17.1. The monoisotopic (exact) mass is 272 g/mol. The summed E-state index contributed by atoms with van der Waals surface area (Å²) >= 11 is 5.33. The largest absolute Gasteiger partial charge is 0.482 e. The molecule has 98 valence electrons. The summed E-state index contributed by atoms with van der Waals surface area (Å²) < 4.78 is 6.62. The van der Waals surface area contributed by atoms with Crippen molar-refractivity contribution in [3.05, 3.63) is 51.6 Å². The third-order valence-electron chi connectivity index (χ3n) is 3.58. The Morgan fingerprint density at radius 3 is 2.95 bits per heavy atom. The maximum absolute atomic E-state index is 5.95. The molecule has 1 unspecified atom stereocenters. The summed E-state index contributed by atoms with van der Waals surface area (Å²) in [6.07, 6.45) is 1.72. The van der Waals surface area contributed by atoms with Crippen LogP contribution in [0.5, 0.6) is 5.75 Å². The molecule has 1 aliphatic heterocycles. The minimum atomic E-state index is -0.0509. The van der Waals surface area contributed by atoms with E-state index in [0.717, 1.165) is 35.7 Å². The zero-order chi connectivity index (χ0) is 13.4. The Morgan fingerprint density at radius 1 is 1.42 bits per heavy atom. The Bertz CT molecular complexity index is 653. The molecule has 3 rings (SSSR count). The first-order valence-electron chi connectivity index (χ1n) is 6.53. The lowest BCUT2D eigenvalue weighted by atomic mass is 10.1. The van der Waals surface area contributed by atoms with Crippen molar-refractivity contribution in [3.63, 3.8) is 0 Å². The number of aromatic nitrogens is 2. The average molecular weight is 272 g/mol. The molecule has 0 fully saturated rings. The van der Waals surface area contributed by atoms with E-state index in [1.807, 2.05) is 25.1 Å². The topological polar surface area (TPSA) is 37.9 Å². The summed E-state index contributed by atoms with van der Waals surface area (Å²) in [4.78, 5) is 7.86. The van der Waals surface area contributed by atoms with E-state index in [4.69, 9.17) is 17.0 Å². The van der Waals surface area contributed by atoms with Gasteiger partial charge < -0.3 is 9.72 Å². The number of para-hydroxylation sites is 1. The standard InChI is InChI=1S/C15H16N2OS/c1-3-11-9(2)15(19)17-14(16-11)13-8-10-6-4-5-7-12(10)18-13/h4-7,13H,3,8H2,1-2H3,(H,16,17,19). The third-order valence-corrected chi connectivity index (χ3v) is 3.98. The van der Waals surface area contributed by atoms with Gasteiger partial charge in [-0.15, -0.1) is 0 Å². The fraction of sp³-hybridized carbons (Fsp3) is 0.333. The molecular weight excluding hydrogens is 256 g/mol. The van der Waals surface area contributed by atoms with E-state index in [1.165, 1.54) is 5.56 Å². The van der Waals surface area contributed by atoms with Crippen molar-refractivity contribution >= 4 is 12.2 Å². The minimum absolute atomic E-state index is 0.0509. The Labute approximate surface area is 117 Å². The van der Waals surface area contributed by atoms with Crippen molar-refractivity contribution in [3.8, 4) is 5.75 Å². The molecule has 1 atom stereocenters. The first kappa shape index (κ1) is 12.4. The number of benzene rings is 1. The number of rotatable bonds is 2. The van der Waals surface area contributed by atoms with Gasteiger partial charge in [-0.1, -0.05) is 37.3 Å². The highest BCUT2D eigenvalue weighted by Crippen LogP contribution is 2.35. The second kappa shape index (κ2) is 4.78. The quantitative estimate of drug-likeness (QED) is 0.847. The van der Waals surface area contributed by atoms with Gasteiger partial charge in [-0.2, -0.15) is 0 Å². The van der Waals surface area contributed by atoms with Crippen molar-refractivity contribution in [2.24, 2.45) is 0 Å². The van der Waals surface area contributed by atoms with Crippen LogP contribution in [0.1, 0.15) is 35.7 Å². The maximum Gasteiger partial charge on any atom is 0.160 e. The Hall–Kier alpha value is -1.68. The van der Waals surface area contributed by atoms with Gasteiger partial charge in [0, 0.05) is 17.7 Å². The average Bonchev–Trinajstić information content (AvgIpc) is 2.85. The van der Waals surface area contributed by atoms with Gasteiger partial charge in [0.2, 0.25) is 0 Å². The molecule has 2 heterocycles. The van der Waals surface area contributed by atoms with Crippen molar-refractivity contribution in [2.75, 3.05) is 0 Å². The van der Waals surface area contributed by atoms with E-state index < -0.39 is 0 Å². The molecule has 4 heteroatoms. The number of aromatic amines is 1. The smallest absolute Gasteiger partial charge is 0.160 e. The first-order valence-corrected chi connectivity index (χ1v) is 6.94. The Kier molecular flexibility index (Phi) is 3.11. The van der Waals surface area contributed by atoms with E-state index in [9.17, 15) is 0 Å². The van der Waals surface area contributed by atoms with Crippen LogP contribution in [0.15, 0.2) is 24.3 Å². The van der Waals surface area contributed by atoms with Crippen LogP contribution in [0.3, 0.4) is 0 Å². The van der Waals surface area contributed by atoms with Gasteiger partial charge in [0.1, 0.15) is 16.2 Å². The van der Waals surface area contributed by atoms with Gasteiger partial charge in [-0.3, -0.25) is 0 Å². The van der Waals surface area contributed by atoms with Crippen LogP contribution in [0.25, 0.3) is 0 Å². The highest BCUT2D eigenvalue weighted by Gasteiger charge is 2.26. The van der Waals surface area contributed by atoms with E-state index in [0.29, 0.717) is 4.64 Å². The van der Waals surface area contributed by atoms with Crippen molar-refractivity contribution in [1.29, 1.82) is 0 Å².